The number of carboxylic acid groups (broad SMARTS) is 1. The van der Waals surface area contributed by atoms with Crippen LogP contribution in [-0.4, -0.2) is 40.3 Å². The van der Waals surface area contributed by atoms with Gasteiger partial charge in [-0.3, -0.25) is 4.79 Å². The summed E-state index contributed by atoms with van der Waals surface area (Å²) >= 11 is 0. The number of hydrogen-bond donors (Lipinski definition) is 3. The molecule has 1 aromatic heterocycles. The van der Waals surface area contributed by atoms with Crippen molar-refractivity contribution in [3.63, 3.8) is 0 Å². The lowest BCUT2D eigenvalue weighted by molar-refractivity contribution is -0.686. The van der Waals surface area contributed by atoms with Crippen molar-refractivity contribution in [3.05, 3.63) is 34.9 Å². The van der Waals surface area contributed by atoms with Crippen LogP contribution in [0.3, 0.4) is 0 Å². The van der Waals surface area contributed by atoms with Crippen LogP contribution in [-0.2, 0) is 11.8 Å². The van der Waals surface area contributed by atoms with Crippen molar-refractivity contribution < 1.29 is 34.3 Å². The summed E-state index contributed by atoms with van der Waals surface area (Å²) in [4.78, 5) is 11.4. The Balaban J connectivity index is 2.72. The average molecular weight is 351 g/mol. The first-order valence-electron chi connectivity index (χ1n) is 7.66. The molecular weight excluding hydrogens is 328 g/mol. The summed E-state index contributed by atoms with van der Waals surface area (Å²) in [7, 11) is 4.55. The molecule has 2 rings (SSSR count). The van der Waals surface area contributed by atoms with Gasteiger partial charge in [0.25, 0.3) is 0 Å². The van der Waals surface area contributed by atoms with E-state index >= 15 is 0 Å². The minimum Gasteiger partial charge on any atom is -0.502 e. The van der Waals surface area contributed by atoms with Crippen LogP contribution in [0, 0.1) is 13.8 Å². The first-order valence-corrected chi connectivity index (χ1v) is 7.66. The number of hydrogen-bond acceptors (Lipinski definition) is 5. The van der Waals surface area contributed by atoms with Gasteiger partial charge in [-0.05, 0) is 22.4 Å². The van der Waals surface area contributed by atoms with Crippen molar-refractivity contribution in [2.24, 2.45) is 7.05 Å². The Morgan fingerprint density at radius 3 is 2.12 bits per heavy atom. The second-order valence-corrected chi connectivity index (χ2v) is 5.82. The predicted molar refractivity (Wildman–Crippen MR) is 87.6 cm³/mol. The topological polar surface area (TPSA) is 105 Å². The van der Waals surface area contributed by atoms with Gasteiger partial charge in [-0.25, -0.2) is 4.57 Å². The number of carboxylic acids is 1. The number of aromatic hydroxyl groups is 1. The number of carbonyl (C=O) groups is 1. The van der Waals surface area contributed by atoms with Crippen molar-refractivity contribution in [1.29, 1.82) is 0 Å². The fraction of sp³-hybridized carbons (Fsp3) is 0.412. The highest BCUT2D eigenvalue weighted by Gasteiger charge is 2.35. The van der Waals surface area contributed by atoms with E-state index in [1.807, 2.05) is 6.92 Å². The van der Waals surface area contributed by atoms with E-state index in [0.717, 1.165) is 10.4 Å². The normalized spacial score (nSPS) is 12.0. The zero-order chi connectivity index (χ0) is 18.9. The first kappa shape index (κ1) is 18.4. The van der Waals surface area contributed by atoms with E-state index < -0.39 is 11.9 Å². The third kappa shape index (κ3) is 3.19. The van der Waals surface area contributed by atoms with Gasteiger partial charge in [-0.2, -0.15) is 0 Å². The van der Waals surface area contributed by atoms with Gasteiger partial charge in [0.05, 0.1) is 27.7 Å². The van der Waals surface area contributed by atoms with Crippen LogP contribution in [0.25, 0.3) is 0 Å². The van der Waals surface area contributed by atoms with Crippen molar-refractivity contribution >= 4 is 5.97 Å². The van der Waals surface area contributed by atoms with Gasteiger partial charge in [-0.15, -0.1) is 0 Å². The smallest absolute Gasteiger partial charge is 0.304 e. The molecule has 0 radical (unpaired) electrons. The molecule has 8 heteroatoms. The molecule has 0 aliphatic carbocycles. The number of imidazole rings is 1. The number of phenols is 1. The van der Waals surface area contributed by atoms with Gasteiger partial charge < -0.3 is 24.9 Å². The summed E-state index contributed by atoms with van der Waals surface area (Å²) < 4.78 is 13.0. The Morgan fingerprint density at radius 2 is 1.76 bits per heavy atom. The molecule has 0 spiro atoms. The Morgan fingerprint density at radius 1 is 1.24 bits per heavy atom. The second-order valence-electron chi connectivity index (χ2n) is 5.82. The molecule has 0 aliphatic rings. The fourth-order valence-electron chi connectivity index (χ4n) is 2.91. The number of nitrogens with zero attached hydrogens (tertiary/aromatic N) is 2. The fourth-order valence-corrected chi connectivity index (χ4v) is 2.91. The van der Waals surface area contributed by atoms with Crippen LogP contribution in [0.15, 0.2) is 12.1 Å². The molecule has 0 amide bonds. The van der Waals surface area contributed by atoms with Crippen LogP contribution in [0.5, 0.6) is 17.2 Å². The average Bonchev–Trinajstić information content (AvgIpc) is 2.76. The Labute approximate surface area is 145 Å². The van der Waals surface area contributed by atoms with E-state index in [9.17, 15) is 20.2 Å². The number of phenolic OH excluding ortho intramolecular Hbond substituents is 1. The third-order valence-corrected chi connectivity index (χ3v) is 4.50. The SMILES string of the molecule is COc1cc([C@@H](CC(=O)O)c2n(O)c(C)c(C)[n+]2C)cc(OC)c1O. The van der Waals surface area contributed by atoms with E-state index in [4.69, 9.17) is 9.47 Å². The van der Waals surface area contributed by atoms with Crippen molar-refractivity contribution in [2.45, 2.75) is 26.2 Å². The zero-order valence-corrected chi connectivity index (χ0v) is 14.9. The highest BCUT2D eigenvalue weighted by atomic mass is 16.5. The predicted octanol–water partition coefficient (Wildman–Crippen LogP) is 1.50. The molecular formula is C17H23N2O6+. The molecule has 0 saturated carbocycles. The van der Waals surface area contributed by atoms with Crippen LogP contribution in [0.4, 0.5) is 0 Å². The minimum absolute atomic E-state index is 0.164. The summed E-state index contributed by atoms with van der Waals surface area (Å²) in [5.74, 6) is -1.13. The minimum atomic E-state index is -1.02. The summed E-state index contributed by atoms with van der Waals surface area (Å²) in [5.41, 5.74) is 1.97. The van der Waals surface area contributed by atoms with Crippen molar-refractivity contribution in [1.82, 2.24) is 4.73 Å². The molecule has 136 valence electrons. The largest absolute Gasteiger partial charge is 0.502 e. The number of methoxy groups -OCH3 is 2. The molecule has 3 N–H and O–H groups in total. The molecule has 0 saturated heterocycles. The van der Waals surface area contributed by atoms with Crippen LogP contribution >= 0.6 is 0 Å². The van der Waals surface area contributed by atoms with Gasteiger partial charge in [0.2, 0.25) is 5.75 Å². The molecule has 0 unspecified atom stereocenters. The molecule has 0 bridgehead atoms. The second kappa shape index (κ2) is 6.92. The van der Waals surface area contributed by atoms with Crippen molar-refractivity contribution in [2.75, 3.05) is 14.2 Å². The third-order valence-electron chi connectivity index (χ3n) is 4.50. The maximum Gasteiger partial charge on any atom is 0.304 e. The van der Waals surface area contributed by atoms with Gasteiger partial charge in [0, 0.05) is 13.8 Å². The summed E-state index contributed by atoms with van der Waals surface area (Å²) in [6, 6.07) is 3.09. The van der Waals surface area contributed by atoms with Gasteiger partial charge >= 0.3 is 11.8 Å². The Kier molecular flexibility index (Phi) is 5.10. The molecule has 8 nitrogen and oxygen atoms in total. The lowest BCUT2D eigenvalue weighted by Crippen LogP contribution is -2.37. The maximum absolute atomic E-state index is 11.4. The van der Waals surface area contributed by atoms with Crippen molar-refractivity contribution in [3.8, 4) is 17.2 Å². The lowest BCUT2D eigenvalue weighted by atomic mass is 9.94. The van der Waals surface area contributed by atoms with Crippen LogP contribution < -0.4 is 14.0 Å². The molecule has 0 fully saturated rings. The maximum atomic E-state index is 11.4. The number of ether oxygens (including phenoxy) is 2. The number of aliphatic carboxylic acids is 1. The number of benzene rings is 1. The van der Waals surface area contributed by atoms with E-state index in [2.05, 4.69) is 0 Å². The summed E-state index contributed by atoms with van der Waals surface area (Å²) in [6.45, 7) is 3.58. The quantitative estimate of drug-likeness (QED) is 0.538. The van der Waals surface area contributed by atoms with Gasteiger partial charge in [0.1, 0.15) is 11.6 Å². The van der Waals surface area contributed by atoms with Crippen LogP contribution in [0.2, 0.25) is 0 Å². The Hall–Kier alpha value is -2.90. The molecule has 1 atom stereocenters. The van der Waals surface area contributed by atoms with Gasteiger partial charge in [-0.1, -0.05) is 0 Å². The molecule has 0 aliphatic heterocycles. The molecule has 25 heavy (non-hydrogen) atoms. The molecule has 1 aromatic carbocycles. The van der Waals surface area contributed by atoms with E-state index in [1.165, 1.54) is 14.2 Å². The molecule has 1 heterocycles. The zero-order valence-electron chi connectivity index (χ0n) is 14.9. The van der Waals surface area contributed by atoms with E-state index in [-0.39, 0.29) is 23.7 Å². The number of rotatable bonds is 6. The number of aromatic nitrogens is 2. The summed E-state index contributed by atoms with van der Waals surface area (Å²) in [6.07, 6.45) is -0.256. The van der Waals surface area contributed by atoms with Crippen LogP contribution in [0.1, 0.15) is 35.1 Å². The lowest BCUT2D eigenvalue weighted by Gasteiger charge is -2.16. The van der Waals surface area contributed by atoms with E-state index in [1.54, 1.807) is 30.7 Å². The Bertz CT molecular complexity index is 761. The van der Waals surface area contributed by atoms with Gasteiger partial charge in [0.15, 0.2) is 17.2 Å². The molecule has 2 aromatic rings. The standard InChI is InChI=1S/C17H22N2O6/c1-9-10(2)19(23)17(18(9)3)12(8-15(20)21)11-6-13(24-4)16(22)14(7-11)25-5/h6-7,12H,8H2,1-5H3,(H2-,20,21,22,23)/p+1/t12-/m1/s1. The summed E-state index contributed by atoms with van der Waals surface area (Å²) in [5, 5.41) is 29.9. The van der Waals surface area contributed by atoms with E-state index in [0.29, 0.717) is 17.1 Å². The first-order chi connectivity index (χ1) is 11.7. The highest BCUT2D eigenvalue weighted by Crippen LogP contribution is 2.41. The monoisotopic (exact) mass is 351 g/mol. The highest BCUT2D eigenvalue weighted by molar-refractivity contribution is 5.69.